The highest BCUT2D eigenvalue weighted by molar-refractivity contribution is 5.97. The molecule has 0 atom stereocenters. The Morgan fingerprint density at radius 2 is 1.73 bits per heavy atom. The normalized spacial score (nSPS) is 11.2. The quantitative estimate of drug-likeness (QED) is 0.366. The lowest BCUT2D eigenvalue weighted by atomic mass is 10.1. The van der Waals surface area contributed by atoms with Crippen molar-refractivity contribution >= 4 is 23.4 Å². The number of hydrogen-bond donors (Lipinski definition) is 2. The van der Waals surface area contributed by atoms with Crippen LogP contribution < -0.4 is 10.6 Å². The summed E-state index contributed by atoms with van der Waals surface area (Å²) in [6.45, 7) is 4.96. The van der Waals surface area contributed by atoms with Crippen LogP contribution in [0.15, 0.2) is 36.4 Å². The third kappa shape index (κ3) is 7.71. The first-order valence-electron chi connectivity index (χ1n) is 9.62. The molecule has 0 saturated carbocycles. The van der Waals surface area contributed by atoms with Gasteiger partial charge in [0.05, 0.1) is 41.7 Å². The number of benzene rings is 2. The predicted octanol–water partition coefficient (Wildman–Crippen LogP) is 5.25. The van der Waals surface area contributed by atoms with E-state index in [1.54, 1.807) is 20.8 Å². The number of alkyl halides is 3. The summed E-state index contributed by atoms with van der Waals surface area (Å²) in [5.41, 5.74) is -1.80. The maximum Gasteiger partial charge on any atom is 0.416 e. The molecule has 0 aliphatic rings. The number of methoxy groups -OCH3 is 1. The van der Waals surface area contributed by atoms with Gasteiger partial charge in [-0.05, 0) is 57.2 Å². The molecule has 0 aromatic heterocycles. The zero-order chi connectivity index (χ0) is 24.8. The van der Waals surface area contributed by atoms with Gasteiger partial charge in [0.2, 0.25) is 0 Å². The summed E-state index contributed by atoms with van der Waals surface area (Å²) in [5.74, 6) is 3.76. The molecule has 0 fully saturated rings. The lowest BCUT2D eigenvalue weighted by Crippen LogP contribution is -2.32. The Hall–Kier alpha value is -3.74. The largest absolute Gasteiger partial charge is 0.465 e. The standard InChI is InChI=1S/C23H22F4N2O4/c1-22(2,3)33-21(31)28-11-5-6-14-12-16(24)8-10-18(14)29-19-13-15(23(25,26)27)7-9-17(19)20(30)32-4/h7-10,12-13,29H,11H2,1-4H3,(H,28,31). The molecular formula is C23H22F4N2O4. The third-order valence-corrected chi connectivity index (χ3v) is 3.95. The highest BCUT2D eigenvalue weighted by Gasteiger charge is 2.31. The van der Waals surface area contributed by atoms with Gasteiger partial charge in [0, 0.05) is 0 Å². The van der Waals surface area contributed by atoms with E-state index in [2.05, 4.69) is 27.2 Å². The minimum absolute atomic E-state index is 0.0919. The molecule has 2 rings (SSSR count). The number of ether oxygens (including phenoxy) is 2. The summed E-state index contributed by atoms with van der Waals surface area (Å²) in [6, 6.07) is 5.90. The van der Waals surface area contributed by atoms with Crippen LogP contribution in [0.1, 0.15) is 42.3 Å². The maximum atomic E-state index is 13.8. The van der Waals surface area contributed by atoms with E-state index in [1.165, 1.54) is 6.07 Å². The fourth-order valence-electron chi connectivity index (χ4n) is 2.56. The van der Waals surface area contributed by atoms with Crippen molar-refractivity contribution in [1.29, 1.82) is 0 Å². The first-order chi connectivity index (χ1) is 15.3. The van der Waals surface area contributed by atoms with E-state index in [1.807, 2.05) is 0 Å². The van der Waals surface area contributed by atoms with Gasteiger partial charge in [-0.15, -0.1) is 0 Å². The van der Waals surface area contributed by atoms with E-state index < -0.39 is 35.2 Å². The molecule has 6 nitrogen and oxygen atoms in total. The Morgan fingerprint density at radius 1 is 1.03 bits per heavy atom. The number of halogens is 4. The van der Waals surface area contributed by atoms with Crippen LogP contribution in [0.4, 0.5) is 33.7 Å². The van der Waals surface area contributed by atoms with Crippen molar-refractivity contribution in [2.45, 2.75) is 32.5 Å². The minimum atomic E-state index is -4.65. The lowest BCUT2D eigenvalue weighted by molar-refractivity contribution is -0.137. The number of esters is 1. The number of carbonyl (C=O) groups is 2. The molecule has 2 aromatic rings. The molecule has 0 unspecified atom stereocenters. The van der Waals surface area contributed by atoms with Crippen molar-refractivity contribution < 1.29 is 36.6 Å². The van der Waals surface area contributed by atoms with Crippen LogP contribution in [-0.4, -0.2) is 31.3 Å². The molecule has 0 spiro atoms. The average Bonchev–Trinajstić information content (AvgIpc) is 2.70. The summed E-state index contributed by atoms with van der Waals surface area (Å²) in [4.78, 5) is 23.7. The van der Waals surface area contributed by atoms with E-state index in [9.17, 15) is 27.2 Å². The van der Waals surface area contributed by atoms with E-state index in [-0.39, 0.29) is 29.0 Å². The van der Waals surface area contributed by atoms with E-state index >= 15 is 0 Å². The fourth-order valence-corrected chi connectivity index (χ4v) is 2.56. The molecule has 1 amide bonds. The summed E-state index contributed by atoms with van der Waals surface area (Å²) in [6.07, 6.45) is -5.34. The molecule has 0 radical (unpaired) electrons. The molecular weight excluding hydrogens is 444 g/mol. The van der Waals surface area contributed by atoms with Gasteiger partial charge in [-0.3, -0.25) is 0 Å². The number of carbonyl (C=O) groups excluding carboxylic acids is 2. The van der Waals surface area contributed by atoms with Crippen LogP contribution in [0.2, 0.25) is 0 Å². The van der Waals surface area contributed by atoms with Gasteiger partial charge in [-0.1, -0.05) is 11.8 Å². The molecule has 0 aliphatic carbocycles. The molecule has 0 bridgehead atoms. The Balaban J connectivity index is 2.33. The average molecular weight is 466 g/mol. The topological polar surface area (TPSA) is 76.7 Å². The second-order valence-electron chi connectivity index (χ2n) is 7.72. The molecule has 0 aliphatic heterocycles. The summed E-state index contributed by atoms with van der Waals surface area (Å²) >= 11 is 0. The highest BCUT2D eigenvalue weighted by atomic mass is 19.4. The maximum absolute atomic E-state index is 13.8. The van der Waals surface area contributed by atoms with Crippen LogP contribution >= 0.6 is 0 Å². The van der Waals surface area contributed by atoms with Crippen molar-refractivity contribution in [3.63, 3.8) is 0 Å². The Labute approximate surface area is 188 Å². The van der Waals surface area contributed by atoms with Crippen LogP contribution in [0, 0.1) is 17.7 Å². The smallest absolute Gasteiger partial charge is 0.416 e. The Kier molecular flexibility index (Phi) is 7.93. The number of nitrogens with one attached hydrogen (secondary N) is 2. The number of alkyl carbamates (subject to hydrolysis) is 1. The van der Waals surface area contributed by atoms with Crippen molar-refractivity contribution in [2.24, 2.45) is 0 Å². The molecule has 176 valence electrons. The van der Waals surface area contributed by atoms with Crippen molar-refractivity contribution in [2.75, 3.05) is 19.0 Å². The van der Waals surface area contributed by atoms with Crippen molar-refractivity contribution in [3.8, 4) is 11.8 Å². The van der Waals surface area contributed by atoms with Crippen molar-refractivity contribution in [3.05, 3.63) is 58.9 Å². The summed E-state index contributed by atoms with van der Waals surface area (Å²) in [7, 11) is 1.09. The Bertz CT molecular complexity index is 1100. The van der Waals surface area contributed by atoms with Gasteiger partial charge < -0.3 is 20.1 Å². The fraction of sp³-hybridized carbons (Fsp3) is 0.304. The number of rotatable bonds is 4. The zero-order valence-corrected chi connectivity index (χ0v) is 18.3. The third-order valence-electron chi connectivity index (χ3n) is 3.95. The zero-order valence-electron chi connectivity index (χ0n) is 18.3. The number of anilines is 2. The summed E-state index contributed by atoms with van der Waals surface area (Å²) < 4.78 is 63.0. The highest BCUT2D eigenvalue weighted by Crippen LogP contribution is 2.34. The first kappa shape index (κ1) is 25.5. The van der Waals surface area contributed by atoms with E-state index in [0.29, 0.717) is 0 Å². The second kappa shape index (κ2) is 10.3. The van der Waals surface area contributed by atoms with Crippen LogP contribution in [0.25, 0.3) is 0 Å². The van der Waals surface area contributed by atoms with Gasteiger partial charge in [0.1, 0.15) is 11.4 Å². The Morgan fingerprint density at radius 3 is 2.33 bits per heavy atom. The van der Waals surface area contributed by atoms with E-state index in [4.69, 9.17) is 4.74 Å². The van der Waals surface area contributed by atoms with Gasteiger partial charge in [-0.2, -0.15) is 13.2 Å². The predicted molar refractivity (Wildman–Crippen MR) is 114 cm³/mol. The van der Waals surface area contributed by atoms with Crippen LogP contribution in [0.5, 0.6) is 0 Å². The number of hydrogen-bond acceptors (Lipinski definition) is 5. The first-order valence-corrected chi connectivity index (χ1v) is 9.62. The van der Waals surface area contributed by atoms with E-state index in [0.717, 1.165) is 37.4 Å². The van der Waals surface area contributed by atoms with Crippen LogP contribution in [0.3, 0.4) is 0 Å². The summed E-state index contributed by atoms with van der Waals surface area (Å²) in [5, 5.41) is 5.11. The second-order valence-corrected chi connectivity index (χ2v) is 7.72. The molecule has 10 heteroatoms. The van der Waals surface area contributed by atoms with Gasteiger partial charge >= 0.3 is 18.2 Å². The monoisotopic (exact) mass is 466 g/mol. The van der Waals surface area contributed by atoms with Gasteiger partial charge in [0.25, 0.3) is 0 Å². The number of amides is 1. The molecule has 0 saturated heterocycles. The van der Waals surface area contributed by atoms with Crippen LogP contribution in [-0.2, 0) is 15.7 Å². The molecule has 33 heavy (non-hydrogen) atoms. The lowest BCUT2D eigenvalue weighted by Gasteiger charge is -2.19. The molecule has 0 heterocycles. The molecule has 2 aromatic carbocycles. The van der Waals surface area contributed by atoms with Gasteiger partial charge in [-0.25, -0.2) is 14.0 Å². The minimum Gasteiger partial charge on any atom is -0.465 e. The molecule has 2 N–H and O–H groups in total. The van der Waals surface area contributed by atoms with Gasteiger partial charge in [0.15, 0.2) is 0 Å². The van der Waals surface area contributed by atoms with Crippen molar-refractivity contribution in [1.82, 2.24) is 5.32 Å². The SMILES string of the molecule is COC(=O)c1ccc(C(F)(F)F)cc1Nc1ccc(F)cc1C#CCNC(=O)OC(C)(C)C.